The van der Waals surface area contributed by atoms with Gasteiger partial charge in [-0.15, -0.1) is 0 Å². The van der Waals surface area contributed by atoms with Crippen molar-refractivity contribution < 1.29 is 9.59 Å². The van der Waals surface area contributed by atoms with Crippen LogP contribution in [-0.4, -0.2) is 29.2 Å². The number of rotatable bonds is 4. The van der Waals surface area contributed by atoms with E-state index >= 15 is 0 Å². The largest absolute Gasteiger partial charge is 0.333 e. The number of nitrogens with zero attached hydrogens (tertiary/aromatic N) is 1. The Morgan fingerprint density at radius 1 is 1.15 bits per heavy atom. The topological polar surface area (TPSA) is 37.4 Å². The monoisotopic (exact) mass is 279 g/mol. The molecule has 0 spiro atoms. The molecule has 1 aliphatic carbocycles. The molecule has 0 aromatic heterocycles. The maximum Gasteiger partial charge on any atom is 0.220 e. The van der Waals surface area contributed by atoms with Crippen LogP contribution in [0.2, 0.25) is 0 Å². The molecule has 2 rings (SSSR count). The lowest BCUT2D eigenvalue weighted by Gasteiger charge is -2.37. The van der Waals surface area contributed by atoms with Crippen molar-refractivity contribution in [3.63, 3.8) is 0 Å². The number of hydrogen-bond acceptors (Lipinski definition) is 2. The molecule has 2 aliphatic rings. The second-order valence-corrected chi connectivity index (χ2v) is 6.71. The summed E-state index contributed by atoms with van der Waals surface area (Å²) in [4.78, 5) is 26.5. The van der Waals surface area contributed by atoms with E-state index in [0.717, 1.165) is 32.2 Å². The Morgan fingerprint density at radius 2 is 1.85 bits per heavy atom. The van der Waals surface area contributed by atoms with Crippen LogP contribution >= 0.6 is 0 Å². The van der Waals surface area contributed by atoms with E-state index in [1.807, 2.05) is 4.90 Å². The van der Waals surface area contributed by atoms with Crippen LogP contribution in [0.25, 0.3) is 0 Å². The number of carbonyl (C=O) groups excluding carboxylic acids is 2. The highest BCUT2D eigenvalue weighted by atomic mass is 16.2. The van der Waals surface area contributed by atoms with E-state index in [-0.39, 0.29) is 17.9 Å². The number of hydrogen-bond donors (Lipinski definition) is 0. The van der Waals surface area contributed by atoms with Gasteiger partial charge >= 0.3 is 0 Å². The molecule has 0 aromatic rings. The molecule has 0 radical (unpaired) electrons. The van der Waals surface area contributed by atoms with E-state index in [0.29, 0.717) is 17.6 Å². The normalized spacial score (nSPS) is 32.1. The third-order valence-electron chi connectivity index (χ3n) is 5.55. The van der Waals surface area contributed by atoms with Gasteiger partial charge in [0.15, 0.2) is 5.78 Å². The number of carbonyl (C=O) groups is 2. The third-order valence-corrected chi connectivity index (χ3v) is 5.55. The van der Waals surface area contributed by atoms with Crippen molar-refractivity contribution in [1.82, 2.24) is 4.90 Å². The Morgan fingerprint density at radius 3 is 2.50 bits per heavy atom. The minimum atomic E-state index is -0.123. The summed E-state index contributed by atoms with van der Waals surface area (Å²) in [7, 11) is 0. The van der Waals surface area contributed by atoms with E-state index in [9.17, 15) is 9.59 Å². The predicted octanol–water partition coefficient (Wildman–Crippen LogP) is 3.42. The predicted molar refractivity (Wildman–Crippen MR) is 80.3 cm³/mol. The lowest BCUT2D eigenvalue weighted by Crippen LogP contribution is -2.45. The minimum Gasteiger partial charge on any atom is -0.333 e. The average Bonchev–Trinajstić information content (AvgIpc) is 2.95. The van der Waals surface area contributed by atoms with E-state index in [4.69, 9.17) is 0 Å². The molecule has 1 aliphatic heterocycles. The Bertz CT molecular complexity index is 366. The van der Waals surface area contributed by atoms with Crippen LogP contribution in [-0.2, 0) is 9.59 Å². The summed E-state index contributed by atoms with van der Waals surface area (Å²) in [6.45, 7) is 6.87. The molecule has 2 fully saturated rings. The van der Waals surface area contributed by atoms with Crippen LogP contribution in [0.4, 0.5) is 0 Å². The molecule has 20 heavy (non-hydrogen) atoms. The molecule has 0 N–H and O–H groups in total. The molecule has 1 heterocycles. The highest BCUT2D eigenvalue weighted by Crippen LogP contribution is 2.39. The summed E-state index contributed by atoms with van der Waals surface area (Å²) in [5, 5.41) is 0. The fourth-order valence-electron chi connectivity index (χ4n) is 4.18. The second-order valence-electron chi connectivity index (χ2n) is 6.71. The summed E-state index contributed by atoms with van der Waals surface area (Å²) in [5.74, 6) is 1.79. The lowest BCUT2D eigenvalue weighted by molar-refractivity contribution is -0.139. The van der Waals surface area contributed by atoms with E-state index in [1.165, 1.54) is 19.3 Å². The Kier molecular flexibility index (Phi) is 5.22. The standard InChI is InChI=1S/C17H29NO2/c1-4-12(2)14-8-5-6-9-15(14)17(20)16-10-7-11-18(16)13(3)19/h12,14-16H,4-11H2,1-3H3/t12?,14?,15?,16-/m1/s1. The zero-order chi connectivity index (χ0) is 14.7. The van der Waals surface area contributed by atoms with Crippen molar-refractivity contribution in [2.24, 2.45) is 17.8 Å². The van der Waals surface area contributed by atoms with Gasteiger partial charge in [0.2, 0.25) is 5.91 Å². The zero-order valence-electron chi connectivity index (χ0n) is 13.2. The summed E-state index contributed by atoms with van der Waals surface area (Å²) >= 11 is 0. The smallest absolute Gasteiger partial charge is 0.220 e. The van der Waals surface area contributed by atoms with Crippen molar-refractivity contribution >= 4 is 11.7 Å². The maximum absolute atomic E-state index is 13.0. The molecular weight excluding hydrogens is 250 g/mol. The molecule has 3 unspecified atom stereocenters. The summed E-state index contributed by atoms with van der Waals surface area (Å²) in [5.41, 5.74) is 0. The van der Waals surface area contributed by atoms with Gasteiger partial charge in [-0.1, -0.05) is 33.1 Å². The number of amides is 1. The van der Waals surface area contributed by atoms with Gasteiger partial charge < -0.3 is 4.90 Å². The summed E-state index contributed by atoms with van der Waals surface area (Å²) in [6, 6.07) is -0.123. The van der Waals surface area contributed by atoms with Crippen LogP contribution in [0.3, 0.4) is 0 Å². The highest BCUT2D eigenvalue weighted by molar-refractivity contribution is 5.90. The number of ketones is 1. The van der Waals surface area contributed by atoms with Gasteiger partial charge in [-0.25, -0.2) is 0 Å². The van der Waals surface area contributed by atoms with Crippen molar-refractivity contribution in [3.05, 3.63) is 0 Å². The van der Waals surface area contributed by atoms with Crippen LogP contribution < -0.4 is 0 Å². The number of likely N-dealkylation sites (tertiary alicyclic amines) is 1. The summed E-state index contributed by atoms with van der Waals surface area (Å²) < 4.78 is 0. The Balaban J connectivity index is 2.11. The van der Waals surface area contributed by atoms with Crippen molar-refractivity contribution in [1.29, 1.82) is 0 Å². The second kappa shape index (κ2) is 6.73. The van der Waals surface area contributed by atoms with Crippen LogP contribution in [0.15, 0.2) is 0 Å². The average molecular weight is 279 g/mol. The first kappa shape index (κ1) is 15.5. The molecule has 0 bridgehead atoms. The maximum atomic E-state index is 13.0. The fourth-order valence-corrected chi connectivity index (χ4v) is 4.18. The molecule has 3 nitrogen and oxygen atoms in total. The molecule has 114 valence electrons. The molecule has 1 saturated carbocycles. The van der Waals surface area contributed by atoms with Gasteiger partial charge in [0, 0.05) is 19.4 Å². The number of Topliss-reactive ketones (excluding diaryl/α,β-unsaturated/α-hetero) is 1. The van der Waals surface area contributed by atoms with E-state index in [1.54, 1.807) is 6.92 Å². The Labute approximate surface area is 123 Å². The molecule has 3 heteroatoms. The molecule has 1 saturated heterocycles. The molecule has 0 aromatic carbocycles. The van der Waals surface area contributed by atoms with Gasteiger partial charge in [0.05, 0.1) is 6.04 Å². The molecular formula is C17H29NO2. The zero-order valence-corrected chi connectivity index (χ0v) is 13.2. The minimum absolute atomic E-state index is 0.0664. The fraction of sp³-hybridized carbons (Fsp3) is 0.882. The molecule has 1 amide bonds. The SMILES string of the molecule is CCC(C)C1CCCCC1C(=O)[C@H]1CCCN1C(C)=O. The van der Waals surface area contributed by atoms with Gasteiger partial charge in [-0.3, -0.25) is 9.59 Å². The van der Waals surface area contributed by atoms with Crippen molar-refractivity contribution in [2.75, 3.05) is 6.54 Å². The lowest BCUT2D eigenvalue weighted by atomic mass is 9.69. The van der Waals surface area contributed by atoms with E-state index in [2.05, 4.69) is 13.8 Å². The van der Waals surface area contributed by atoms with Crippen molar-refractivity contribution in [3.8, 4) is 0 Å². The first-order valence-electron chi connectivity index (χ1n) is 8.37. The van der Waals surface area contributed by atoms with Crippen LogP contribution in [0, 0.1) is 17.8 Å². The Hall–Kier alpha value is -0.860. The van der Waals surface area contributed by atoms with Gasteiger partial charge in [-0.2, -0.15) is 0 Å². The van der Waals surface area contributed by atoms with Gasteiger partial charge in [0.1, 0.15) is 0 Å². The first-order valence-corrected chi connectivity index (χ1v) is 8.37. The van der Waals surface area contributed by atoms with Crippen LogP contribution in [0.5, 0.6) is 0 Å². The quantitative estimate of drug-likeness (QED) is 0.790. The summed E-state index contributed by atoms with van der Waals surface area (Å²) in [6.07, 6.45) is 7.68. The van der Waals surface area contributed by atoms with Gasteiger partial charge in [0.25, 0.3) is 0 Å². The highest BCUT2D eigenvalue weighted by Gasteiger charge is 2.40. The third kappa shape index (κ3) is 3.07. The van der Waals surface area contributed by atoms with Gasteiger partial charge in [-0.05, 0) is 37.5 Å². The van der Waals surface area contributed by atoms with Crippen molar-refractivity contribution in [2.45, 2.75) is 71.8 Å². The molecule has 4 atom stereocenters. The van der Waals surface area contributed by atoms with E-state index < -0.39 is 0 Å². The van der Waals surface area contributed by atoms with Crippen LogP contribution in [0.1, 0.15) is 65.7 Å². The first-order chi connectivity index (χ1) is 9.56.